The summed E-state index contributed by atoms with van der Waals surface area (Å²) in [6, 6.07) is 2.75. The Morgan fingerprint density at radius 2 is 1.56 bits per heavy atom. The highest BCUT2D eigenvalue weighted by Crippen LogP contribution is 2.41. The van der Waals surface area contributed by atoms with Gasteiger partial charge in [0.05, 0.1) is 21.3 Å². The fourth-order valence-electron chi connectivity index (χ4n) is 1.30. The van der Waals surface area contributed by atoms with Gasteiger partial charge >= 0.3 is 0 Å². The van der Waals surface area contributed by atoms with Crippen LogP contribution in [0.4, 0.5) is 0 Å². The van der Waals surface area contributed by atoms with E-state index in [4.69, 9.17) is 19.3 Å². The van der Waals surface area contributed by atoms with Crippen molar-refractivity contribution in [2.24, 2.45) is 5.14 Å². The van der Waals surface area contributed by atoms with Gasteiger partial charge in [-0.3, -0.25) is 0 Å². The van der Waals surface area contributed by atoms with Crippen molar-refractivity contribution >= 4 is 10.0 Å². The molecule has 90 valence electrons. The van der Waals surface area contributed by atoms with Gasteiger partial charge in [-0.15, -0.1) is 0 Å². The van der Waals surface area contributed by atoms with Gasteiger partial charge in [0.25, 0.3) is 0 Å². The van der Waals surface area contributed by atoms with Crippen molar-refractivity contribution in [3.05, 3.63) is 12.1 Å². The maximum absolute atomic E-state index is 11.3. The van der Waals surface area contributed by atoms with Crippen LogP contribution in [-0.2, 0) is 10.0 Å². The maximum atomic E-state index is 11.3. The highest BCUT2D eigenvalue weighted by molar-refractivity contribution is 7.89. The zero-order valence-electron chi connectivity index (χ0n) is 9.18. The van der Waals surface area contributed by atoms with E-state index >= 15 is 0 Å². The predicted molar refractivity (Wildman–Crippen MR) is 57.5 cm³/mol. The van der Waals surface area contributed by atoms with Gasteiger partial charge in [-0.2, -0.15) is 0 Å². The van der Waals surface area contributed by atoms with Crippen LogP contribution in [0.5, 0.6) is 17.2 Å². The predicted octanol–water partition coefficient (Wildman–Crippen LogP) is 0.360. The molecule has 0 aliphatic heterocycles. The fourth-order valence-corrected chi connectivity index (χ4v) is 1.99. The lowest BCUT2D eigenvalue weighted by atomic mass is 10.3. The summed E-state index contributed by atoms with van der Waals surface area (Å²) in [7, 11) is 0.282. The van der Waals surface area contributed by atoms with Crippen LogP contribution in [0.25, 0.3) is 0 Å². The molecule has 0 saturated heterocycles. The minimum Gasteiger partial charge on any atom is -0.493 e. The number of primary sulfonamides is 1. The molecule has 0 aliphatic carbocycles. The molecule has 2 N–H and O–H groups in total. The average Bonchev–Trinajstić information content (AvgIpc) is 2.25. The standard InChI is InChI=1S/C9H13NO5S/c1-13-6-4-5-7(16(10,11)12)9(15-3)8(6)14-2/h4-5H,1-3H3,(H2,10,11,12). The molecule has 1 aromatic rings. The zero-order valence-corrected chi connectivity index (χ0v) is 10.00. The van der Waals surface area contributed by atoms with Crippen molar-refractivity contribution in [1.29, 1.82) is 0 Å². The molecule has 0 saturated carbocycles. The van der Waals surface area contributed by atoms with Gasteiger partial charge < -0.3 is 14.2 Å². The minimum atomic E-state index is -3.86. The first kappa shape index (κ1) is 12.6. The first-order valence-corrected chi connectivity index (χ1v) is 5.82. The highest BCUT2D eigenvalue weighted by Gasteiger charge is 2.22. The summed E-state index contributed by atoms with van der Waals surface area (Å²) in [4.78, 5) is -0.146. The quantitative estimate of drug-likeness (QED) is 0.830. The van der Waals surface area contributed by atoms with Crippen molar-refractivity contribution in [2.45, 2.75) is 4.90 Å². The lowest BCUT2D eigenvalue weighted by Gasteiger charge is -2.14. The molecule has 16 heavy (non-hydrogen) atoms. The van der Waals surface area contributed by atoms with Crippen LogP contribution in [0.2, 0.25) is 0 Å². The number of hydrogen-bond acceptors (Lipinski definition) is 5. The van der Waals surface area contributed by atoms with Gasteiger partial charge in [0, 0.05) is 0 Å². The molecule has 0 unspecified atom stereocenters. The number of methoxy groups -OCH3 is 3. The SMILES string of the molecule is COc1ccc(S(N)(=O)=O)c(OC)c1OC. The Morgan fingerprint density at radius 1 is 1.00 bits per heavy atom. The minimum absolute atomic E-state index is 0.0318. The molecule has 0 radical (unpaired) electrons. The number of hydrogen-bond donors (Lipinski definition) is 1. The summed E-state index contributed by atoms with van der Waals surface area (Å²) in [5, 5.41) is 5.04. The first-order valence-electron chi connectivity index (χ1n) is 4.27. The van der Waals surface area contributed by atoms with Gasteiger partial charge in [0.15, 0.2) is 11.5 Å². The number of rotatable bonds is 4. The lowest BCUT2D eigenvalue weighted by molar-refractivity contribution is 0.319. The molecule has 1 aromatic carbocycles. The van der Waals surface area contributed by atoms with E-state index in [9.17, 15) is 8.42 Å². The second-order valence-corrected chi connectivity index (χ2v) is 4.41. The summed E-state index contributed by atoms with van der Waals surface area (Å²) < 4.78 is 37.6. The Kier molecular flexibility index (Phi) is 3.61. The lowest BCUT2D eigenvalue weighted by Crippen LogP contribution is -2.14. The highest BCUT2D eigenvalue weighted by atomic mass is 32.2. The third-order valence-corrected chi connectivity index (χ3v) is 2.91. The third-order valence-electron chi connectivity index (χ3n) is 1.97. The third kappa shape index (κ3) is 2.20. The summed E-state index contributed by atoms with van der Waals surface area (Å²) in [6.45, 7) is 0. The van der Waals surface area contributed by atoms with E-state index < -0.39 is 10.0 Å². The number of nitrogens with two attached hydrogens (primary N) is 1. The molecule has 0 atom stereocenters. The molecule has 1 rings (SSSR count). The average molecular weight is 247 g/mol. The van der Waals surface area contributed by atoms with Gasteiger partial charge in [0.2, 0.25) is 15.8 Å². The van der Waals surface area contributed by atoms with Crippen LogP contribution in [0.15, 0.2) is 17.0 Å². The van der Waals surface area contributed by atoms with Crippen LogP contribution in [-0.4, -0.2) is 29.7 Å². The largest absolute Gasteiger partial charge is 0.493 e. The molecular formula is C9H13NO5S. The second-order valence-electron chi connectivity index (χ2n) is 2.88. The normalized spacial score (nSPS) is 11.0. The fraction of sp³-hybridized carbons (Fsp3) is 0.333. The maximum Gasteiger partial charge on any atom is 0.241 e. The van der Waals surface area contributed by atoms with Crippen molar-refractivity contribution in [1.82, 2.24) is 0 Å². The second kappa shape index (κ2) is 4.58. The van der Waals surface area contributed by atoms with Gasteiger partial charge in [-0.1, -0.05) is 0 Å². The van der Waals surface area contributed by atoms with Crippen LogP contribution in [0, 0.1) is 0 Å². The van der Waals surface area contributed by atoms with Crippen molar-refractivity contribution in [2.75, 3.05) is 21.3 Å². The van der Waals surface area contributed by atoms with Gasteiger partial charge in [0.1, 0.15) is 4.90 Å². The molecule has 6 nitrogen and oxygen atoms in total. The van der Waals surface area contributed by atoms with E-state index in [0.29, 0.717) is 5.75 Å². The van der Waals surface area contributed by atoms with Crippen LogP contribution >= 0.6 is 0 Å². The molecule has 0 bridgehead atoms. The molecule has 0 aromatic heterocycles. The monoisotopic (exact) mass is 247 g/mol. The van der Waals surface area contributed by atoms with E-state index in [1.807, 2.05) is 0 Å². The van der Waals surface area contributed by atoms with E-state index in [-0.39, 0.29) is 16.4 Å². The molecule has 0 amide bonds. The molecule has 7 heteroatoms. The van der Waals surface area contributed by atoms with E-state index in [2.05, 4.69) is 0 Å². The van der Waals surface area contributed by atoms with E-state index in [1.54, 1.807) is 0 Å². The van der Waals surface area contributed by atoms with Crippen LogP contribution in [0.1, 0.15) is 0 Å². The summed E-state index contributed by atoms with van der Waals surface area (Å²) in [6.07, 6.45) is 0. The van der Waals surface area contributed by atoms with Gasteiger partial charge in [-0.05, 0) is 12.1 Å². The van der Waals surface area contributed by atoms with Crippen molar-refractivity contribution < 1.29 is 22.6 Å². The van der Waals surface area contributed by atoms with Gasteiger partial charge in [-0.25, -0.2) is 13.6 Å². The molecule has 0 aliphatic rings. The first-order chi connectivity index (χ1) is 7.45. The molecule has 0 fully saturated rings. The van der Waals surface area contributed by atoms with E-state index in [0.717, 1.165) is 0 Å². The summed E-state index contributed by atoms with van der Waals surface area (Å²) in [5.41, 5.74) is 0. The Labute approximate surface area is 94.0 Å². The Morgan fingerprint density at radius 3 is 1.94 bits per heavy atom. The van der Waals surface area contributed by atoms with Crippen LogP contribution < -0.4 is 19.3 Å². The van der Waals surface area contributed by atoms with E-state index in [1.165, 1.54) is 33.5 Å². The topological polar surface area (TPSA) is 87.9 Å². The zero-order chi connectivity index (χ0) is 12.3. The summed E-state index contributed by atoms with van der Waals surface area (Å²) >= 11 is 0. The van der Waals surface area contributed by atoms with Crippen molar-refractivity contribution in [3.8, 4) is 17.2 Å². The summed E-state index contributed by atoms with van der Waals surface area (Å²) in [5.74, 6) is 0.590. The molecule has 0 heterocycles. The number of benzene rings is 1. The Hall–Kier alpha value is -1.47. The van der Waals surface area contributed by atoms with Crippen molar-refractivity contribution in [3.63, 3.8) is 0 Å². The van der Waals surface area contributed by atoms with Crippen LogP contribution in [0.3, 0.4) is 0 Å². The number of ether oxygens (including phenoxy) is 3. The Bertz CT molecular complexity index is 483. The Balaban J connectivity index is 3.56. The molecule has 0 spiro atoms. The molecular weight excluding hydrogens is 234 g/mol. The number of sulfonamides is 1. The smallest absolute Gasteiger partial charge is 0.241 e.